The zero-order valence-electron chi connectivity index (χ0n) is 9.59. The molecule has 0 aliphatic carbocycles. The standard InChI is InChI=1S/C12H15F3N2/c1-17-10(4-5-16)6-8-2-3-9(7-11(8)17)12(13,14)15/h2-3,7,10H,4-6,16H2,1H3. The molecule has 0 saturated heterocycles. The number of hydrogen-bond acceptors (Lipinski definition) is 2. The molecule has 1 atom stereocenters. The SMILES string of the molecule is CN1c2cc(C(F)(F)F)ccc2CC1CCN. The van der Waals surface area contributed by atoms with Crippen LogP contribution in [0.2, 0.25) is 0 Å². The maximum Gasteiger partial charge on any atom is 0.416 e. The molecule has 1 aromatic rings. The van der Waals surface area contributed by atoms with Gasteiger partial charge in [-0.25, -0.2) is 0 Å². The first-order chi connectivity index (χ1) is 7.93. The summed E-state index contributed by atoms with van der Waals surface area (Å²) in [5.41, 5.74) is 6.56. The fourth-order valence-corrected chi connectivity index (χ4v) is 2.32. The van der Waals surface area contributed by atoms with Crippen molar-refractivity contribution < 1.29 is 13.2 Å². The molecule has 0 amide bonds. The molecule has 1 aliphatic rings. The van der Waals surface area contributed by atoms with Gasteiger partial charge in [-0.2, -0.15) is 13.2 Å². The number of nitrogens with two attached hydrogens (primary N) is 1. The smallest absolute Gasteiger partial charge is 0.371 e. The molecule has 5 heteroatoms. The molecule has 0 radical (unpaired) electrons. The highest BCUT2D eigenvalue weighted by molar-refractivity contribution is 5.60. The third-order valence-electron chi connectivity index (χ3n) is 3.30. The van der Waals surface area contributed by atoms with Gasteiger partial charge < -0.3 is 10.6 Å². The molecule has 1 unspecified atom stereocenters. The Hall–Kier alpha value is -1.23. The van der Waals surface area contributed by atoms with Gasteiger partial charge in [-0.1, -0.05) is 6.07 Å². The van der Waals surface area contributed by atoms with E-state index in [1.807, 2.05) is 11.9 Å². The fourth-order valence-electron chi connectivity index (χ4n) is 2.32. The van der Waals surface area contributed by atoms with E-state index in [0.717, 1.165) is 24.5 Å². The molecular formula is C12H15F3N2. The summed E-state index contributed by atoms with van der Waals surface area (Å²) >= 11 is 0. The van der Waals surface area contributed by atoms with Crippen molar-refractivity contribution in [2.45, 2.75) is 25.1 Å². The van der Waals surface area contributed by atoms with Crippen molar-refractivity contribution in [3.8, 4) is 0 Å². The van der Waals surface area contributed by atoms with Gasteiger partial charge in [0.25, 0.3) is 0 Å². The average molecular weight is 244 g/mol. The monoisotopic (exact) mass is 244 g/mol. The molecule has 17 heavy (non-hydrogen) atoms. The molecule has 0 aromatic heterocycles. The number of rotatable bonds is 2. The van der Waals surface area contributed by atoms with Gasteiger partial charge >= 0.3 is 6.18 Å². The lowest BCUT2D eigenvalue weighted by Crippen LogP contribution is -2.30. The van der Waals surface area contributed by atoms with Gasteiger partial charge in [0, 0.05) is 18.8 Å². The predicted molar refractivity (Wildman–Crippen MR) is 61.0 cm³/mol. The quantitative estimate of drug-likeness (QED) is 0.865. The number of benzene rings is 1. The van der Waals surface area contributed by atoms with E-state index in [1.165, 1.54) is 6.07 Å². The molecule has 2 rings (SSSR count). The van der Waals surface area contributed by atoms with Gasteiger partial charge in [0.05, 0.1) is 5.56 Å². The van der Waals surface area contributed by atoms with Gasteiger partial charge in [-0.15, -0.1) is 0 Å². The van der Waals surface area contributed by atoms with Gasteiger partial charge in [-0.05, 0) is 37.1 Å². The maximum atomic E-state index is 12.6. The van der Waals surface area contributed by atoms with Crippen molar-refractivity contribution >= 4 is 5.69 Å². The Labute approximate surface area is 98.2 Å². The van der Waals surface area contributed by atoms with Crippen molar-refractivity contribution in [3.05, 3.63) is 29.3 Å². The lowest BCUT2D eigenvalue weighted by atomic mass is 10.1. The van der Waals surface area contributed by atoms with Crippen LogP contribution in [-0.4, -0.2) is 19.6 Å². The highest BCUT2D eigenvalue weighted by atomic mass is 19.4. The molecular weight excluding hydrogens is 229 g/mol. The molecule has 2 N–H and O–H groups in total. The van der Waals surface area contributed by atoms with E-state index < -0.39 is 11.7 Å². The Morgan fingerprint density at radius 1 is 1.41 bits per heavy atom. The normalized spacial score (nSPS) is 19.6. The molecule has 1 aromatic carbocycles. The van der Waals surface area contributed by atoms with E-state index >= 15 is 0 Å². The minimum Gasteiger partial charge on any atom is -0.371 e. The molecule has 94 valence electrons. The Morgan fingerprint density at radius 3 is 2.71 bits per heavy atom. The Bertz CT molecular complexity index is 415. The van der Waals surface area contributed by atoms with E-state index in [0.29, 0.717) is 12.2 Å². The van der Waals surface area contributed by atoms with Crippen LogP contribution in [0.4, 0.5) is 18.9 Å². The largest absolute Gasteiger partial charge is 0.416 e. The summed E-state index contributed by atoms with van der Waals surface area (Å²) < 4.78 is 37.8. The van der Waals surface area contributed by atoms with E-state index in [4.69, 9.17) is 5.73 Å². The van der Waals surface area contributed by atoms with E-state index in [2.05, 4.69) is 0 Å². The highest BCUT2D eigenvalue weighted by Gasteiger charge is 2.33. The topological polar surface area (TPSA) is 29.3 Å². The maximum absolute atomic E-state index is 12.6. The molecule has 0 saturated carbocycles. The summed E-state index contributed by atoms with van der Waals surface area (Å²) in [4.78, 5) is 1.90. The molecule has 0 fully saturated rings. The van der Waals surface area contributed by atoms with Crippen LogP contribution < -0.4 is 10.6 Å². The zero-order chi connectivity index (χ0) is 12.6. The second kappa shape index (κ2) is 4.22. The summed E-state index contributed by atoms with van der Waals surface area (Å²) in [6, 6.07) is 4.17. The van der Waals surface area contributed by atoms with E-state index in [9.17, 15) is 13.2 Å². The molecule has 1 heterocycles. The number of hydrogen-bond donors (Lipinski definition) is 1. The minimum atomic E-state index is -4.28. The van der Waals surface area contributed by atoms with E-state index in [1.54, 1.807) is 6.07 Å². The summed E-state index contributed by atoms with van der Waals surface area (Å²) in [5.74, 6) is 0. The predicted octanol–water partition coefficient (Wildman–Crippen LogP) is 2.42. The third kappa shape index (κ3) is 2.24. The summed E-state index contributed by atoms with van der Waals surface area (Å²) in [6.07, 6.45) is -2.70. The van der Waals surface area contributed by atoms with Crippen LogP contribution in [-0.2, 0) is 12.6 Å². The number of likely N-dealkylation sites (N-methyl/N-ethyl adjacent to an activating group) is 1. The number of alkyl halides is 3. The van der Waals surface area contributed by atoms with Gasteiger partial charge in [0.15, 0.2) is 0 Å². The third-order valence-corrected chi connectivity index (χ3v) is 3.30. The number of halogens is 3. The first-order valence-corrected chi connectivity index (χ1v) is 5.56. The lowest BCUT2D eigenvalue weighted by Gasteiger charge is -2.22. The van der Waals surface area contributed by atoms with Crippen LogP contribution >= 0.6 is 0 Å². The van der Waals surface area contributed by atoms with E-state index in [-0.39, 0.29) is 6.04 Å². The van der Waals surface area contributed by atoms with Crippen molar-refractivity contribution in [3.63, 3.8) is 0 Å². The number of fused-ring (bicyclic) bond motifs is 1. The fraction of sp³-hybridized carbons (Fsp3) is 0.500. The Kier molecular flexibility index (Phi) is 3.03. The Morgan fingerprint density at radius 2 is 2.12 bits per heavy atom. The second-order valence-corrected chi connectivity index (χ2v) is 4.39. The Balaban J connectivity index is 2.31. The average Bonchev–Trinajstić information content (AvgIpc) is 2.55. The first kappa shape index (κ1) is 12.2. The van der Waals surface area contributed by atoms with Crippen LogP contribution in [0, 0.1) is 0 Å². The zero-order valence-corrected chi connectivity index (χ0v) is 9.59. The van der Waals surface area contributed by atoms with Gasteiger partial charge in [0.2, 0.25) is 0 Å². The van der Waals surface area contributed by atoms with Crippen LogP contribution in [0.15, 0.2) is 18.2 Å². The minimum absolute atomic E-state index is 0.221. The summed E-state index contributed by atoms with van der Waals surface area (Å²) in [7, 11) is 1.83. The summed E-state index contributed by atoms with van der Waals surface area (Å²) in [6.45, 7) is 0.551. The van der Waals surface area contributed by atoms with Gasteiger partial charge in [-0.3, -0.25) is 0 Å². The van der Waals surface area contributed by atoms with Crippen LogP contribution in [0.3, 0.4) is 0 Å². The van der Waals surface area contributed by atoms with Gasteiger partial charge in [0.1, 0.15) is 0 Å². The second-order valence-electron chi connectivity index (χ2n) is 4.39. The number of nitrogens with zero attached hydrogens (tertiary/aromatic N) is 1. The van der Waals surface area contributed by atoms with Crippen molar-refractivity contribution in [1.82, 2.24) is 0 Å². The summed E-state index contributed by atoms with van der Waals surface area (Å²) in [5, 5.41) is 0. The molecule has 0 bridgehead atoms. The first-order valence-electron chi connectivity index (χ1n) is 5.56. The molecule has 0 spiro atoms. The van der Waals surface area contributed by atoms with Crippen molar-refractivity contribution in [2.24, 2.45) is 5.73 Å². The number of anilines is 1. The van der Waals surface area contributed by atoms with Crippen molar-refractivity contribution in [1.29, 1.82) is 0 Å². The van der Waals surface area contributed by atoms with Crippen LogP contribution in [0.25, 0.3) is 0 Å². The molecule has 1 aliphatic heterocycles. The lowest BCUT2D eigenvalue weighted by molar-refractivity contribution is -0.137. The van der Waals surface area contributed by atoms with Crippen LogP contribution in [0.1, 0.15) is 17.5 Å². The van der Waals surface area contributed by atoms with Crippen molar-refractivity contribution in [2.75, 3.05) is 18.5 Å². The van der Waals surface area contributed by atoms with Crippen LogP contribution in [0.5, 0.6) is 0 Å². The molecule has 2 nitrogen and oxygen atoms in total. The highest BCUT2D eigenvalue weighted by Crippen LogP contribution is 2.37.